The number of hydrogen-bond acceptors (Lipinski definition) is 5. The molecule has 5 rings (SSSR count). The Morgan fingerprint density at radius 2 is 2.07 bits per heavy atom. The second-order valence-corrected chi connectivity index (χ2v) is 7.51. The molecule has 1 saturated heterocycles. The predicted molar refractivity (Wildman–Crippen MR) is 107 cm³/mol. The highest BCUT2D eigenvalue weighted by Crippen LogP contribution is 2.28. The molecule has 28 heavy (non-hydrogen) atoms. The van der Waals surface area contributed by atoms with Crippen LogP contribution in [0.15, 0.2) is 36.9 Å². The third-order valence-corrected chi connectivity index (χ3v) is 5.59. The highest BCUT2D eigenvalue weighted by atomic mass is 19.1. The fourth-order valence-corrected chi connectivity index (χ4v) is 3.84. The smallest absolute Gasteiger partial charge is 0.224 e. The predicted octanol–water partition coefficient (Wildman–Crippen LogP) is 3.17. The van der Waals surface area contributed by atoms with Gasteiger partial charge in [0.05, 0.1) is 6.20 Å². The average Bonchev–Trinajstić information content (AvgIpc) is 3.30. The summed E-state index contributed by atoms with van der Waals surface area (Å²) in [4.78, 5) is 18.7. The monoisotopic (exact) mass is 379 g/mol. The molecule has 1 aliphatic rings. The Bertz CT molecular complexity index is 1120. The molecule has 0 atom stereocenters. The van der Waals surface area contributed by atoms with Crippen LogP contribution < -0.4 is 5.32 Å². The van der Waals surface area contributed by atoms with E-state index in [0.717, 1.165) is 41.8 Å². The summed E-state index contributed by atoms with van der Waals surface area (Å²) in [6, 6.07) is 3.73. The lowest BCUT2D eigenvalue weighted by Gasteiger charge is -2.28. The van der Waals surface area contributed by atoms with Gasteiger partial charge >= 0.3 is 0 Å². The van der Waals surface area contributed by atoms with E-state index in [1.807, 2.05) is 18.5 Å². The van der Waals surface area contributed by atoms with Crippen LogP contribution in [0.5, 0.6) is 0 Å². The first-order valence-electron chi connectivity index (χ1n) is 9.57. The van der Waals surface area contributed by atoms with Crippen LogP contribution in [0.4, 0.5) is 10.3 Å². The molecule has 144 valence electrons. The normalized spacial score (nSPS) is 16.2. The van der Waals surface area contributed by atoms with Gasteiger partial charge in [0.25, 0.3) is 0 Å². The average molecular weight is 379 g/mol. The standard InChI is InChI=1S/C20H22FN7/c1-27-6-4-13(5-7-27)8-24-20-25-10-16-15(9-23-19(16)26-20)14-2-3-18-22-11-17(21)28(18)12-14/h2-3,9-13H,4-8H2,1H3,(H2,23,24,25,26). The van der Waals surface area contributed by atoms with Crippen molar-refractivity contribution in [2.45, 2.75) is 12.8 Å². The Morgan fingerprint density at radius 3 is 2.93 bits per heavy atom. The van der Waals surface area contributed by atoms with Crippen molar-refractivity contribution >= 4 is 22.6 Å². The summed E-state index contributed by atoms with van der Waals surface area (Å²) in [6.07, 6.45) is 9.07. The number of piperidine rings is 1. The van der Waals surface area contributed by atoms with Crippen molar-refractivity contribution in [3.8, 4) is 11.1 Å². The van der Waals surface area contributed by atoms with Gasteiger partial charge in [-0.3, -0.25) is 4.40 Å². The summed E-state index contributed by atoms with van der Waals surface area (Å²) >= 11 is 0. The number of halogens is 1. The van der Waals surface area contributed by atoms with Crippen molar-refractivity contribution in [2.75, 3.05) is 32.0 Å². The van der Waals surface area contributed by atoms with E-state index in [2.05, 4.69) is 37.2 Å². The van der Waals surface area contributed by atoms with Gasteiger partial charge in [0.1, 0.15) is 11.3 Å². The molecular formula is C20H22FN7. The summed E-state index contributed by atoms with van der Waals surface area (Å²) in [6.45, 7) is 3.19. The molecule has 1 aliphatic heterocycles. The largest absolute Gasteiger partial charge is 0.354 e. The maximum Gasteiger partial charge on any atom is 0.224 e. The van der Waals surface area contributed by atoms with Gasteiger partial charge < -0.3 is 15.2 Å². The topological polar surface area (TPSA) is 74.1 Å². The van der Waals surface area contributed by atoms with E-state index in [4.69, 9.17) is 0 Å². The van der Waals surface area contributed by atoms with E-state index in [1.165, 1.54) is 23.4 Å². The van der Waals surface area contributed by atoms with Gasteiger partial charge in [-0.05, 0) is 51.0 Å². The Balaban J connectivity index is 1.37. The third kappa shape index (κ3) is 3.09. The Kier molecular flexibility index (Phi) is 4.20. The molecule has 1 fully saturated rings. The molecule has 0 aliphatic carbocycles. The Morgan fingerprint density at radius 1 is 1.21 bits per heavy atom. The minimum atomic E-state index is -0.381. The molecule has 0 radical (unpaired) electrons. The lowest BCUT2D eigenvalue weighted by molar-refractivity contribution is 0.226. The summed E-state index contributed by atoms with van der Waals surface area (Å²) < 4.78 is 15.3. The van der Waals surface area contributed by atoms with Gasteiger partial charge in [0.15, 0.2) is 0 Å². The van der Waals surface area contributed by atoms with Crippen molar-refractivity contribution in [2.24, 2.45) is 5.92 Å². The number of hydrogen-bond donors (Lipinski definition) is 2. The Hall–Kier alpha value is -3.00. The molecule has 0 spiro atoms. The van der Waals surface area contributed by atoms with Crippen molar-refractivity contribution < 1.29 is 4.39 Å². The number of nitrogens with zero attached hydrogens (tertiary/aromatic N) is 5. The van der Waals surface area contributed by atoms with Crippen molar-refractivity contribution in [3.05, 3.63) is 42.9 Å². The van der Waals surface area contributed by atoms with Crippen LogP contribution in [0.2, 0.25) is 0 Å². The van der Waals surface area contributed by atoms with E-state index in [9.17, 15) is 4.39 Å². The second-order valence-electron chi connectivity index (χ2n) is 7.51. The van der Waals surface area contributed by atoms with Crippen LogP contribution in [-0.4, -0.2) is 55.9 Å². The maximum absolute atomic E-state index is 13.9. The number of aromatic nitrogens is 5. The molecule has 0 bridgehead atoms. The lowest BCUT2D eigenvalue weighted by atomic mass is 9.97. The quantitative estimate of drug-likeness (QED) is 0.570. The van der Waals surface area contributed by atoms with Crippen LogP contribution in [0.25, 0.3) is 27.8 Å². The van der Waals surface area contributed by atoms with Gasteiger partial charge in [0.2, 0.25) is 11.9 Å². The van der Waals surface area contributed by atoms with Gasteiger partial charge in [-0.25, -0.2) is 9.97 Å². The minimum Gasteiger partial charge on any atom is -0.354 e. The van der Waals surface area contributed by atoms with Gasteiger partial charge in [-0.2, -0.15) is 9.37 Å². The first-order chi connectivity index (χ1) is 13.7. The van der Waals surface area contributed by atoms with Gasteiger partial charge in [-0.15, -0.1) is 0 Å². The molecular weight excluding hydrogens is 357 g/mol. The lowest BCUT2D eigenvalue weighted by Crippen LogP contribution is -2.33. The summed E-state index contributed by atoms with van der Waals surface area (Å²) in [5.74, 6) is 0.913. The number of aromatic amines is 1. The van der Waals surface area contributed by atoms with E-state index in [-0.39, 0.29) is 5.95 Å². The van der Waals surface area contributed by atoms with Gasteiger partial charge in [0, 0.05) is 41.6 Å². The minimum absolute atomic E-state index is 0.381. The number of likely N-dealkylation sites (tertiary alicyclic amines) is 1. The van der Waals surface area contributed by atoms with E-state index >= 15 is 0 Å². The molecule has 5 heterocycles. The molecule has 0 unspecified atom stereocenters. The maximum atomic E-state index is 13.9. The zero-order valence-electron chi connectivity index (χ0n) is 15.7. The Labute approximate surface area is 161 Å². The van der Waals surface area contributed by atoms with Crippen molar-refractivity contribution in [1.82, 2.24) is 29.2 Å². The number of imidazole rings is 1. The summed E-state index contributed by atoms with van der Waals surface area (Å²) in [5, 5.41) is 4.28. The van der Waals surface area contributed by atoms with Crippen molar-refractivity contribution in [3.63, 3.8) is 0 Å². The number of H-pyrrole nitrogens is 1. The second kappa shape index (κ2) is 6.87. The van der Waals surface area contributed by atoms with Crippen molar-refractivity contribution in [1.29, 1.82) is 0 Å². The molecule has 4 aromatic rings. The number of anilines is 1. The first-order valence-corrected chi connectivity index (χ1v) is 9.57. The number of rotatable bonds is 4. The third-order valence-electron chi connectivity index (χ3n) is 5.59. The number of nitrogens with one attached hydrogen (secondary N) is 2. The van der Waals surface area contributed by atoms with E-state index in [1.54, 1.807) is 12.3 Å². The highest BCUT2D eigenvalue weighted by Gasteiger charge is 2.17. The van der Waals surface area contributed by atoms with Crippen LogP contribution >= 0.6 is 0 Å². The summed E-state index contributed by atoms with van der Waals surface area (Å²) in [5.41, 5.74) is 3.16. The zero-order valence-corrected chi connectivity index (χ0v) is 15.7. The molecule has 8 heteroatoms. The zero-order chi connectivity index (χ0) is 19.1. The molecule has 0 saturated carbocycles. The fraction of sp³-hybridized carbons (Fsp3) is 0.350. The van der Waals surface area contributed by atoms with E-state index < -0.39 is 0 Å². The number of fused-ring (bicyclic) bond motifs is 2. The summed E-state index contributed by atoms with van der Waals surface area (Å²) in [7, 11) is 2.17. The molecule has 0 amide bonds. The first kappa shape index (κ1) is 17.1. The van der Waals surface area contributed by atoms with Crippen LogP contribution in [0.3, 0.4) is 0 Å². The SMILES string of the molecule is CN1CCC(CNc2ncc3c(-c4ccc5ncc(F)n5c4)c[nH]c3n2)CC1. The fourth-order valence-electron chi connectivity index (χ4n) is 3.84. The molecule has 4 aromatic heterocycles. The van der Waals surface area contributed by atoms with Crippen LogP contribution in [0, 0.1) is 11.9 Å². The highest BCUT2D eigenvalue weighted by molar-refractivity contribution is 5.93. The van der Waals surface area contributed by atoms with Crippen LogP contribution in [0.1, 0.15) is 12.8 Å². The van der Waals surface area contributed by atoms with Crippen LogP contribution in [-0.2, 0) is 0 Å². The molecule has 2 N–H and O–H groups in total. The van der Waals surface area contributed by atoms with Gasteiger partial charge in [-0.1, -0.05) is 0 Å². The van der Waals surface area contributed by atoms with E-state index in [0.29, 0.717) is 17.5 Å². The number of pyridine rings is 1. The molecule has 0 aromatic carbocycles. The molecule has 7 nitrogen and oxygen atoms in total.